The van der Waals surface area contributed by atoms with E-state index in [-0.39, 0.29) is 30.8 Å². The zero-order chi connectivity index (χ0) is 15.5. The number of likely N-dealkylation sites (tertiary alicyclic amines) is 1. The Balaban J connectivity index is 1.97. The molecule has 1 aromatic carbocycles. The zero-order valence-corrected chi connectivity index (χ0v) is 11.4. The smallest absolute Gasteiger partial charge is 0.395 e. The van der Waals surface area contributed by atoms with Gasteiger partial charge < -0.3 is 10.4 Å². The molecule has 0 aliphatic carbocycles. The molecule has 1 amide bonds. The van der Waals surface area contributed by atoms with Crippen molar-refractivity contribution in [2.45, 2.75) is 25.1 Å². The molecule has 2 rings (SSSR count). The topological polar surface area (TPSA) is 52.6 Å². The standard InChI is InChI=1S/C14H17F3N2O2/c15-14(16,17)10-3-1-4-11(7-10)18-13(21)8-19-6-2-5-12(19)9-20/h1,3-4,7,12,20H,2,5-6,8-9H2,(H,18,21). The molecule has 1 fully saturated rings. The second-order valence-electron chi connectivity index (χ2n) is 5.08. The Hall–Kier alpha value is -1.60. The third-order valence-corrected chi connectivity index (χ3v) is 3.53. The maximum absolute atomic E-state index is 12.6. The van der Waals surface area contributed by atoms with Crippen LogP contribution in [0.15, 0.2) is 24.3 Å². The first-order chi connectivity index (χ1) is 9.90. The molecular formula is C14H17F3N2O2. The number of hydrogen-bond donors (Lipinski definition) is 2. The van der Waals surface area contributed by atoms with Crippen LogP contribution in [0.1, 0.15) is 18.4 Å². The number of carbonyl (C=O) groups is 1. The van der Waals surface area contributed by atoms with Gasteiger partial charge >= 0.3 is 6.18 Å². The summed E-state index contributed by atoms with van der Waals surface area (Å²) in [5.41, 5.74) is -0.677. The van der Waals surface area contributed by atoms with Gasteiger partial charge in [0.25, 0.3) is 0 Å². The molecule has 1 heterocycles. The second kappa shape index (κ2) is 6.44. The zero-order valence-electron chi connectivity index (χ0n) is 11.4. The van der Waals surface area contributed by atoms with E-state index >= 15 is 0 Å². The number of anilines is 1. The SMILES string of the molecule is O=C(CN1CCCC1CO)Nc1cccc(C(F)(F)F)c1. The van der Waals surface area contributed by atoms with Crippen molar-refractivity contribution in [2.75, 3.05) is 25.0 Å². The van der Waals surface area contributed by atoms with E-state index in [0.717, 1.165) is 25.0 Å². The van der Waals surface area contributed by atoms with Crippen molar-refractivity contribution in [1.29, 1.82) is 0 Å². The maximum Gasteiger partial charge on any atom is 0.416 e. The summed E-state index contributed by atoms with van der Waals surface area (Å²) in [4.78, 5) is 13.7. The number of aliphatic hydroxyl groups excluding tert-OH is 1. The number of hydrogen-bond acceptors (Lipinski definition) is 3. The van der Waals surface area contributed by atoms with E-state index in [1.165, 1.54) is 12.1 Å². The highest BCUT2D eigenvalue weighted by Gasteiger charge is 2.30. The van der Waals surface area contributed by atoms with Gasteiger partial charge in [0.05, 0.1) is 18.7 Å². The molecule has 0 spiro atoms. The molecule has 0 aromatic heterocycles. The normalized spacial score (nSPS) is 19.7. The van der Waals surface area contributed by atoms with Gasteiger partial charge in [0.15, 0.2) is 0 Å². The third kappa shape index (κ3) is 4.18. The minimum Gasteiger partial charge on any atom is -0.395 e. The van der Waals surface area contributed by atoms with Crippen LogP contribution in [-0.4, -0.2) is 41.7 Å². The van der Waals surface area contributed by atoms with Crippen molar-refractivity contribution < 1.29 is 23.1 Å². The van der Waals surface area contributed by atoms with E-state index < -0.39 is 11.7 Å². The van der Waals surface area contributed by atoms with E-state index in [9.17, 15) is 18.0 Å². The Bertz CT molecular complexity index is 505. The molecule has 0 saturated carbocycles. The van der Waals surface area contributed by atoms with Crippen molar-refractivity contribution in [3.8, 4) is 0 Å². The number of nitrogens with zero attached hydrogens (tertiary/aromatic N) is 1. The lowest BCUT2D eigenvalue weighted by atomic mass is 10.2. The number of amides is 1. The quantitative estimate of drug-likeness (QED) is 0.895. The molecule has 1 unspecified atom stereocenters. The van der Waals surface area contributed by atoms with Crippen molar-refractivity contribution >= 4 is 11.6 Å². The fraction of sp³-hybridized carbons (Fsp3) is 0.500. The molecule has 4 nitrogen and oxygen atoms in total. The van der Waals surface area contributed by atoms with Crippen LogP contribution >= 0.6 is 0 Å². The van der Waals surface area contributed by atoms with Crippen LogP contribution in [0.4, 0.5) is 18.9 Å². The fourth-order valence-electron chi connectivity index (χ4n) is 2.47. The highest BCUT2D eigenvalue weighted by molar-refractivity contribution is 5.92. The Labute approximate surface area is 120 Å². The average molecular weight is 302 g/mol. The number of nitrogens with one attached hydrogen (secondary N) is 1. The van der Waals surface area contributed by atoms with E-state index in [2.05, 4.69) is 5.32 Å². The maximum atomic E-state index is 12.6. The summed E-state index contributed by atoms with van der Waals surface area (Å²) in [6.07, 6.45) is -2.70. The van der Waals surface area contributed by atoms with Gasteiger partial charge in [-0.05, 0) is 37.6 Å². The van der Waals surface area contributed by atoms with Crippen molar-refractivity contribution in [1.82, 2.24) is 4.90 Å². The Morgan fingerprint density at radius 2 is 2.19 bits per heavy atom. The number of rotatable bonds is 4. The predicted octanol–water partition coefficient (Wildman–Crippen LogP) is 2.10. The first-order valence-corrected chi connectivity index (χ1v) is 6.72. The van der Waals surface area contributed by atoms with Crippen LogP contribution in [0.3, 0.4) is 0 Å². The molecule has 1 aromatic rings. The van der Waals surface area contributed by atoms with E-state index in [0.29, 0.717) is 6.54 Å². The van der Waals surface area contributed by atoms with Crippen LogP contribution in [-0.2, 0) is 11.0 Å². The fourth-order valence-corrected chi connectivity index (χ4v) is 2.47. The van der Waals surface area contributed by atoms with Crippen LogP contribution < -0.4 is 5.32 Å². The number of halogens is 3. The summed E-state index contributed by atoms with van der Waals surface area (Å²) < 4.78 is 37.7. The number of alkyl halides is 3. The molecule has 0 radical (unpaired) electrons. The van der Waals surface area contributed by atoms with Gasteiger partial charge in [-0.15, -0.1) is 0 Å². The summed E-state index contributed by atoms with van der Waals surface area (Å²) >= 11 is 0. The Morgan fingerprint density at radius 1 is 1.43 bits per heavy atom. The van der Waals surface area contributed by atoms with Gasteiger partial charge in [-0.2, -0.15) is 13.2 Å². The summed E-state index contributed by atoms with van der Waals surface area (Å²) in [6, 6.07) is 4.49. The first kappa shape index (κ1) is 15.8. The largest absolute Gasteiger partial charge is 0.416 e. The second-order valence-corrected chi connectivity index (χ2v) is 5.08. The van der Waals surface area contributed by atoms with Gasteiger partial charge in [0, 0.05) is 11.7 Å². The van der Waals surface area contributed by atoms with Crippen LogP contribution in [0.25, 0.3) is 0 Å². The highest BCUT2D eigenvalue weighted by atomic mass is 19.4. The molecule has 1 atom stereocenters. The van der Waals surface area contributed by atoms with Crippen LogP contribution in [0.5, 0.6) is 0 Å². The van der Waals surface area contributed by atoms with Gasteiger partial charge in [-0.25, -0.2) is 0 Å². The van der Waals surface area contributed by atoms with Gasteiger partial charge in [0.1, 0.15) is 0 Å². The van der Waals surface area contributed by atoms with E-state index in [1.807, 2.05) is 4.90 Å². The molecule has 0 bridgehead atoms. The molecule has 7 heteroatoms. The molecular weight excluding hydrogens is 285 g/mol. The minimum absolute atomic E-state index is 0.0170. The van der Waals surface area contributed by atoms with Crippen molar-refractivity contribution in [3.05, 3.63) is 29.8 Å². The lowest BCUT2D eigenvalue weighted by Gasteiger charge is -2.21. The summed E-state index contributed by atoms with van der Waals surface area (Å²) in [7, 11) is 0. The lowest BCUT2D eigenvalue weighted by molar-refractivity contribution is -0.137. The third-order valence-electron chi connectivity index (χ3n) is 3.53. The molecule has 1 aliphatic heterocycles. The van der Waals surface area contributed by atoms with Gasteiger partial charge in [-0.3, -0.25) is 9.69 Å². The van der Waals surface area contributed by atoms with Crippen molar-refractivity contribution in [3.63, 3.8) is 0 Å². The molecule has 21 heavy (non-hydrogen) atoms. The van der Waals surface area contributed by atoms with Crippen molar-refractivity contribution in [2.24, 2.45) is 0 Å². The molecule has 1 saturated heterocycles. The van der Waals surface area contributed by atoms with Crippen LogP contribution in [0, 0.1) is 0 Å². The summed E-state index contributed by atoms with van der Waals surface area (Å²) in [6.45, 7) is 0.763. The number of carbonyl (C=O) groups excluding carboxylic acids is 1. The summed E-state index contributed by atoms with van der Waals surface area (Å²) in [5.74, 6) is -0.380. The molecule has 1 aliphatic rings. The minimum atomic E-state index is -4.43. The number of aliphatic hydroxyl groups is 1. The average Bonchev–Trinajstić information content (AvgIpc) is 2.85. The molecule has 2 N–H and O–H groups in total. The Kier molecular flexibility index (Phi) is 4.84. The lowest BCUT2D eigenvalue weighted by Crippen LogP contribution is -2.38. The Morgan fingerprint density at radius 3 is 2.86 bits per heavy atom. The summed E-state index contributed by atoms with van der Waals surface area (Å²) in [5, 5.41) is 11.6. The monoisotopic (exact) mass is 302 g/mol. The van der Waals surface area contributed by atoms with Gasteiger partial charge in [0.2, 0.25) is 5.91 Å². The van der Waals surface area contributed by atoms with E-state index in [1.54, 1.807) is 0 Å². The van der Waals surface area contributed by atoms with Crippen LogP contribution in [0.2, 0.25) is 0 Å². The molecule has 116 valence electrons. The predicted molar refractivity (Wildman–Crippen MR) is 71.8 cm³/mol. The van der Waals surface area contributed by atoms with Gasteiger partial charge in [-0.1, -0.05) is 6.07 Å². The number of benzene rings is 1. The van der Waals surface area contributed by atoms with E-state index in [4.69, 9.17) is 5.11 Å². The highest BCUT2D eigenvalue weighted by Crippen LogP contribution is 2.30. The first-order valence-electron chi connectivity index (χ1n) is 6.72.